The standard InChI is InChI=1S/C20H23NO4/c1-14-18-11-16(19(23)13-22)5-8-20(18)25-10-9-21(14)12-15-3-6-17(24-2)7-4-15/h3-8,11,14,22H,9-10,12-13H2,1-2H3. The van der Waals surface area contributed by atoms with Crippen LogP contribution in [0.5, 0.6) is 11.5 Å². The average molecular weight is 341 g/mol. The number of ketones is 1. The first-order valence-electron chi connectivity index (χ1n) is 8.40. The smallest absolute Gasteiger partial charge is 0.188 e. The number of benzene rings is 2. The van der Waals surface area contributed by atoms with Gasteiger partial charge < -0.3 is 14.6 Å². The van der Waals surface area contributed by atoms with Crippen molar-refractivity contribution in [3.05, 3.63) is 59.2 Å². The van der Waals surface area contributed by atoms with E-state index in [9.17, 15) is 4.79 Å². The minimum absolute atomic E-state index is 0.103. The monoisotopic (exact) mass is 341 g/mol. The van der Waals surface area contributed by atoms with Crippen LogP contribution >= 0.6 is 0 Å². The number of fused-ring (bicyclic) bond motifs is 1. The zero-order chi connectivity index (χ0) is 17.8. The van der Waals surface area contributed by atoms with E-state index >= 15 is 0 Å². The molecule has 2 aromatic rings. The van der Waals surface area contributed by atoms with E-state index in [1.54, 1.807) is 13.2 Å². The third-order valence-electron chi connectivity index (χ3n) is 4.65. The van der Waals surface area contributed by atoms with E-state index in [0.29, 0.717) is 12.2 Å². The van der Waals surface area contributed by atoms with E-state index in [0.717, 1.165) is 30.2 Å². The van der Waals surface area contributed by atoms with Crippen LogP contribution in [0.2, 0.25) is 0 Å². The predicted octanol–water partition coefficient (Wildman–Crippen LogP) is 2.83. The van der Waals surface area contributed by atoms with E-state index in [-0.39, 0.29) is 11.8 Å². The number of nitrogens with zero attached hydrogens (tertiary/aromatic N) is 1. The van der Waals surface area contributed by atoms with Crippen molar-refractivity contribution in [3.8, 4) is 11.5 Å². The third-order valence-corrected chi connectivity index (χ3v) is 4.65. The van der Waals surface area contributed by atoms with Crippen LogP contribution in [0.4, 0.5) is 0 Å². The molecule has 2 aromatic carbocycles. The molecule has 0 spiro atoms. The lowest BCUT2D eigenvalue weighted by atomic mass is 10.0. The van der Waals surface area contributed by atoms with Gasteiger partial charge in [-0.1, -0.05) is 12.1 Å². The van der Waals surface area contributed by atoms with Crippen molar-refractivity contribution >= 4 is 5.78 Å². The summed E-state index contributed by atoms with van der Waals surface area (Å²) in [6.07, 6.45) is 0. The van der Waals surface area contributed by atoms with Crippen LogP contribution in [0.25, 0.3) is 0 Å². The Morgan fingerprint density at radius 3 is 2.72 bits per heavy atom. The van der Waals surface area contributed by atoms with Crippen molar-refractivity contribution < 1.29 is 19.4 Å². The molecule has 1 aliphatic heterocycles. The average Bonchev–Trinajstić information content (AvgIpc) is 2.81. The molecule has 0 saturated heterocycles. The largest absolute Gasteiger partial charge is 0.497 e. The number of Topliss-reactive ketones (excluding diaryl/α,β-unsaturated/α-hetero) is 1. The molecule has 3 rings (SSSR count). The molecule has 0 bridgehead atoms. The highest BCUT2D eigenvalue weighted by Gasteiger charge is 2.24. The summed E-state index contributed by atoms with van der Waals surface area (Å²) in [7, 11) is 1.66. The van der Waals surface area contributed by atoms with Crippen LogP contribution in [0.1, 0.15) is 34.5 Å². The van der Waals surface area contributed by atoms with Gasteiger partial charge in [0.2, 0.25) is 0 Å². The zero-order valence-corrected chi connectivity index (χ0v) is 14.6. The molecule has 0 radical (unpaired) electrons. The summed E-state index contributed by atoms with van der Waals surface area (Å²) in [5.74, 6) is 1.37. The second kappa shape index (κ2) is 7.68. The van der Waals surface area contributed by atoms with Crippen LogP contribution in [0.15, 0.2) is 42.5 Å². The van der Waals surface area contributed by atoms with Crippen molar-refractivity contribution in [1.29, 1.82) is 0 Å². The Bertz CT molecular complexity index is 742. The lowest BCUT2D eigenvalue weighted by Crippen LogP contribution is -2.28. The highest BCUT2D eigenvalue weighted by molar-refractivity contribution is 5.97. The van der Waals surface area contributed by atoms with Crippen LogP contribution in [0.3, 0.4) is 0 Å². The van der Waals surface area contributed by atoms with Gasteiger partial charge in [0.25, 0.3) is 0 Å². The molecule has 0 fully saturated rings. The van der Waals surface area contributed by atoms with Gasteiger partial charge in [-0.25, -0.2) is 0 Å². The van der Waals surface area contributed by atoms with Crippen LogP contribution < -0.4 is 9.47 Å². The summed E-state index contributed by atoms with van der Waals surface area (Å²) >= 11 is 0. The van der Waals surface area contributed by atoms with Gasteiger partial charge in [0.15, 0.2) is 5.78 Å². The Labute approximate surface area is 147 Å². The maximum Gasteiger partial charge on any atom is 0.188 e. The number of aliphatic hydroxyl groups excluding tert-OH is 1. The number of hydrogen-bond acceptors (Lipinski definition) is 5. The van der Waals surface area contributed by atoms with E-state index < -0.39 is 6.61 Å². The summed E-state index contributed by atoms with van der Waals surface area (Å²) in [6.45, 7) is 3.81. The summed E-state index contributed by atoms with van der Waals surface area (Å²) in [5.41, 5.74) is 2.69. The summed E-state index contributed by atoms with van der Waals surface area (Å²) in [5, 5.41) is 9.10. The quantitative estimate of drug-likeness (QED) is 0.848. The van der Waals surface area contributed by atoms with E-state index in [2.05, 4.69) is 24.0 Å². The summed E-state index contributed by atoms with van der Waals surface area (Å²) < 4.78 is 11.1. The van der Waals surface area contributed by atoms with Crippen molar-refractivity contribution in [2.24, 2.45) is 0 Å². The molecular formula is C20H23NO4. The van der Waals surface area contributed by atoms with Gasteiger partial charge in [-0.3, -0.25) is 9.69 Å². The number of aliphatic hydroxyl groups is 1. The first-order valence-corrected chi connectivity index (χ1v) is 8.40. The first kappa shape index (κ1) is 17.5. The predicted molar refractivity (Wildman–Crippen MR) is 95.2 cm³/mol. The summed E-state index contributed by atoms with van der Waals surface area (Å²) in [4.78, 5) is 14.1. The third kappa shape index (κ3) is 3.83. The Kier molecular flexibility index (Phi) is 5.36. The molecule has 5 heteroatoms. The maximum atomic E-state index is 11.8. The van der Waals surface area contributed by atoms with E-state index in [1.807, 2.05) is 24.3 Å². The molecule has 0 aliphatic carbocycles. The second-order valence-electron chi connectivity index (χ2n) is 6.18. The van der Waals surface area contributed by atoms with E-state index in [1.165, 1.54) is 5.56 Å². The van der Waals surface area contributed by atoms with Gasteiger partial charge in [0.1, 0.15) is 24.7 Å². The minimum atomic E-state index is -0.483. The highest BCUT2D eigenvalue weighted by atomic mass is 16.5. The van der Waals surface area contributed by atoms with Crippen molar-refractivity contribution in [1.82, 2.24) is 4.90 Å². The number of carbonyl (C=O) groups is 1. The van der Waals surface area contributed by atoms with Gasteiger partial charge in [-0.2, -0.15) is 0 Å². The molecule has 1 heterocycles. The molecule has 1 unspecified atom stereocenters. The molecule has 0 aromatic heterocycles. The lowest BCUT2D eigenvalue weighted by molar-refractivity contribution is 0.0903. The number of carbonyl (C=O) groups excluding carboxylic acids is 1. The minimum Gasteiger partial charge on any atom is -0.497 e. The molecule has 1 N–H and O–H groups in total. The fourth-order valence-corrected chi connectivity index (χ4v) is 3.12. The number of rotatable bonds is 5. The van der Waals surface area contributed by atoms with Crippen molar-refractivity contribution in [2.45, 2.75) is 19.5 Å². The number of methoxy groups -OCH3 is 1. The second-order valence-corrected chi connectivity index (χ2v) is 6.18. The SMILES string of the molecule is COc1ccc(CN2CCOc3ccc(C(=O)CO)cc3C2C)cc1. The van der Waals surface area contributed by atoms with Gasteiger partial charge in [-0.05, 0) is 42.8 Å². The maximum absolute atomic E-state index is 11.8. The number of ether oxygens (including phenoxy) is 2. The van der Waals surface area contributed by atoms with Gasteiger partial charge >= 0.3 is 0 Å². The zero-order valence-electron chi connectivity index (χ0n) is 14.6. The number of hydrogen-bond donors (Lipinski definition) is 1. The van der Waals surface area contributed by atoms with E-state index in [4.69, 9.17) is 14.6 Å². The molecule has 25 heavy (non-hydrogen) atoms. The Hall–Kier alpha value is -2.37. The fraction of sp³-hybridized carbons (Fsp3) is 0.350. The molecule has 5 nitrogen and oxygen atoms in total. The van der Waals surface area contributed by atoms with Crippen molar-refractivity contribution in [2.75, 3.05) is 26.9 Å². The Morgan fingerprint density at radius 1 is 1.28 bits per heavy atom. The normalized spacial score (nSPS) is 17.3. The molecule has 132 valence electrons. The fourth-order valence-electron chi connectivity index (χ4n) is 3.12. The van der Waals surface area contributed by atoms with Crippen LogP contribution in [0, 0.1) is 0 Å². The molecule has 0 amide bonds. The summed E-state index contributed by atoms with van der Waals surface area (Å²) in [6, 6.07) is 13.5. The van der Waals surface area contributed by atoms with Gasteiger partial charge in [-0.15, -0.1) is 0 Å². The highest BCUT2D eigenvalue weighted by Crippen LogP contribution is 2.33. The first-order chi connectivity index (χ1) is 12.1. The Morgan fingerprint density at radius 2 is 2.04 bits per heavy atom. The van der Waals surface area contributed by atoms with Gasteiger partial charge in [0, 0.05) is 30.3 Å². The molecule has 1 atom stereocenters. The molecular weight excluding hydrogens is 318 g/mol. The van der Waals surface area contributed by atoms with Crippen molar-refractivity contribution in [3.63, 3.8) is 0 Å². The Balaban J connectivity index is 1.84. The van der Waals surface area contributed by atoms with Crippen LogP contribution in [-0.4, -0.2) is 42.7 Å². The lowest BCUT2D eigenvalue weighted by Gasteiger charge is -2.27. The molecule has 1 aliphatic rings. The topological polar surface area (TPSA) is 59.0 Å². The van der Waals surface area contributed by atoms with Crippen LogP contribution in [-0.2, 0) is 6.54 Å². The van der Waals surface area contributed by atoms with Gasteiger partial charge in [0.05, 0.1) is 7.11 Å². The molecule has 0 saturated carbocycles.